The van der Waals surface area contributed by atoms with Crippen LogP contribution in [0.5, 0.6) is 0 Å². The van der Waals surface area contributed by atoms with Crippen LogP contribution in [0.25, 0.3) is 11.0 Å². The summed E-state index contributed by atoms with van der Waals surface area (Å²) in [5.41, 5.74) is 0.590. The van der Waals surface area contributed by atoms with Gasteiger partial charge in [0, 0.05) is 19.6 Å². The Morgan fingerprint density at radius 2 is 2.30 bits per heavy atom. The van der Waals surface area contributed by atoms with Crippen molar-refractivity contribution in [1.82, 2.24) is 20.2 Å². The van der Waals surface area contributed by atoms with Crippen molar-refractivity contribution in [2.75, 3.05) is 36.5 Å². The van der Waals surface area contributed by atoms with Crippen molar-refractivity contribution in [3.63, 3.8) is 0 Å². The summed E-state index contributed by atoms with van der Waals surface area (Å²) in [4.78, 5) is 11.3. The number of aromatic amines is 1. The highest BCUT2D eigenvalue weighted by Crippen LogP contribution is 2.27. The number of nitrogens with one attached hydrogen (secondary N) is 2. The molecule has 108 valence electrons. The third-order valence-electron chi connectivity index (χ3n) is 3.35. The first-order valence-electron chi connectivity index (χ1n) is 6.93. The fourth-order valence-electron chi connectivity index (χ4n) is 2.50. The zero-order chi connectivity index (χ0) is 14.2. The normalized spacial score (nSPS) is 18.4. The van der Waals surface area contributed by atoms with E-state index in [1.54, 1.807) is 6.20 Å². The summed E-state index contributed by atoms with van der Waals surface area (Å²) in [5, 5.41) is 11.1. The minimum atomic E-state index is -0.169. The van der Waals surface area contributed by atoms with Gasteiger partial charge in [-0.3, -0.25) is 5.10 Å². The molecule has 0 amide bonds. The van der Waals surface area contributed by atoms with Crippen molar-refractivity contribution in [2.24, 2.45) is 0 Å². The van der Waals surface area contributed by atoms with E-state index in [-0.39, 0.29) is 5.60 Å². The zero-order valence-electron chi connectivity index (χ0n) is 12.1. The maximum absolute atomic E-state index is 5.76. The summed E-state index contributed by atoms with van der Waals surface area (Å²) in [5.74, 6) is 1.54. The molecule has 1 aliphatic heterocycles. The first kappa shape index (κ1) is 13.1. The third kappa shape index (κ3) is 2.40. The number of hydrogen-bond acceptors (Lipinski definition) is 6. The van der Waals surface area contributed by atoms with Gasteiger partial charge in [-0.05, 0) is 20.8 Å². The van der Waals surface area contributed by atoms with E-state index in [2.05, 4.69) is 44.2 Å². The van der Waals surface area contributed by atoms with Crippen LogP contribution in [0, 0.1) is 0 Å². The number of fused-ring (bicyclic) bond motifs is 1. The van der Waals surface area contributed by atoms with Crippen LogP contribution < -0.4 is 10.2 Å². The first-order valence-corrected chi connectivity index (χ1v) is 6.93. The molecular weight excluding hydrogens is 256 g/mol. The van der Waals surface area contributed by atoms with Gasteiger partial charge in [-0.15, -0.1) is 0 Å². The van der Waals surface area contributed by atoms with E-state index < -0.39 is 0 Å². The summed E-state index contributed by atoms with van der Waals surface area (Å²) in [6.45, 7) is 9.33. The smallest absolute Gasteiger partial charge is 0.226 e. The van der Waals surface area contributed by atoms with Crippen LogP contribution >= 0.6 is 0 Å². The summed E-state index contributed by atoms with van der Waals surface area (Å²) < 4.78 is 5.76. The highest BCUT2D eigenvalue weighted by molar-refractivity contribution is 5.87. The lowest BCUT2D eigenvalue weighted by atomic mass is 10.1. The lowest BCUT2D eigenvalue weighted by Crippen LogP contribution is -2.48. The van der Waals surface area contributed by atoms with Crippen LogP contribution in [-0.4, -0.2) is 52.0 Å². The number of aromatic nitrogens is 4. The number of hydrogen-bond donors (Lipinski definition) is 2. The number of rotatable bonds is 3. The Labute approximate surface area is 117 Å². The molecule has 0 unspecified atom stereocenters. The van der Waals surface area contributed by atoms with E-state index in [9.17, 15) is 0 Å². The molecule has 3 rings (SSSR count). The molecule has 20 heavy (non-hydrogen) atoms. The molecule has 0 aromatic carbocycles. The fraction of sp³-hybridized carbons (Fsp3) is 0.615. The molecule has 0 aliphatic carbocycles. The van der Waals surface area contributed by atoms with Gasteiger partial charge in [0.15, 0.2) is 5.65 Å². The van der Waals surface area contributed by atoms with Gasteiger partial charge in [-0.1, -0.05) is 0 Å². The van der Waals surface area contributed by atoms with Crippen molar-refractivity contribution in [3.8, 4) is 0 Å². The lowest BCUT2D eigenvalue weighted by Gasteiger charge is -2.39. The molecule has 1 saturated heterocycles. The van der Waals surface area contributed by atoms with Gasteiger partial charge in [-0.2, -0.15) is 15.1 Å². The second-order valence-electron chi connectivity index (χ2n) is 5.56. The quantitative estimate of drug-likeness (QED) is 0.882. The van der Waals surface area contributed by atoms with Crippen molar-refractivity contribution < 1.29 is 4.74 Å². The number of morpholine rings is 1. The predicted molar refractivity (Wildman–Crippen MR) is 78.1 cm³/mol. The molecule has 2 N–H and O–H groups in total. The minimum absolute atomic E-state index is 0.169. The second kappa shape index (κ2) is 4.90. The number of H-pyrrole nitrogens is 1. The topological polar surface area (TPSA) is 79.0 Å². The molecule has 0 radical (unpaired) electrons. The Hall–Kier alpha value is -1.89. The Balaban J connectivity index is 2.02. The van der Waals surface area contributed by atoms with Crippen molar-refractivity contribution >= 4 is 22.8 Å². The van der Waals surface area contributed by atoms with Crippen LogP contribution in [-0.2, 0) is 4.74 Å². The molecule has 2 aromatic rings. The number of nitrogens with zero attached hydrogens (tertiary/aromatic N) is 4. The number of anilines is 2. The van der Waals surface area contributed by atoms with Gasteiger partial charge >= 0.3 is 0 Å². The molecule has 2 aromatic heterocycles. The lowest BCUT2D eigenvalue weighted by molar-refractivity contribution is -0.0278. The van der Waals surface area contributed by atoms with E-state index in [0.29, 0.717) is 12.6 Å². The minimum Gasteiger partial charge on any atom is -0.372 e. The van der Waals surface area contributed by atoms with E-state index in [4.69, 9.17) is 4.74 Å². The average Bonchev–Trinajstić information content (AvgIpc) is 2.85. The van der Waals surface area contributed by atoms with Gasteiger partial charge in [0.1, 0.15) is 5.82 Å². The van der Waals surface area contributed by atoms with Crippen molar-refractivity contribution in [2.45, 2.75) is 26.4 Å². The SMILES string of the molecule is CCNc1nc(N2CCOC(C)(C)C2)c2cn[nH]c2n1. The van der Waals surface area contributed by atoms with E-state index in [1.165, 1.54) is 0 Å². The van der Waals surface area contributed by atoms with Crippen molar-refractivity contribution in [1.29, 1.82) is 0 Å². The molecule has 0 spiro atoms. The van der Waals surface area contributed by atoms with Gasteiger partial charge in [0.05, 0.1) is 23.8 Å². The molecule has 7 heteroatoms. The molecule has 3 heterocycles. The fourth-order valence-corrected chi connectivity index (χ4v) is 2.50. The monoisotopic (exact) mass is 276 g/mol. The standard InChI is InChI=1S/C13H20N6O/c1-4-14-12-16-10-9(7-15-18-10)11(17-12)19-5-6-20-13(2,3)8-19/h7H,4-6,8H2,1-3H3,(H2,14,15,16,17,18). The Bertz CT molecular complexity index is 608. The maximum atomic E-state index is 5.76. The predicted octanol–water partition coefficient (Wildman–Crippen LogP) is 1.40. The summed E-state index contributed by atoms with van der Waals surface area (Å²) in [6.07, 6.45) is 1.78. The summed E-state index contributed by atoms with van der Waals surface area (Å²) >= 11 is 0. The Morgan fingerprint density at radius 1 is 1.45 bits per heavy atom. The van der Waals surface area contributed by atoms with E-state index in [0.717, 1.165) is 36.5 Å². The highest BCUT2D eigenvalue weighted by Gasteiger charge is 2.29. The summed E-state index contributed by atoms with van der Waals surface area (Å²) in [7, 11) is 0. The van der Waals surface area contributed by atoms with Crippen LogP contribution in [0.15, 0.2) is 6.20 Å². The van der Waals surface area contributed by atoms with Gasteiger partial charge < -0.3 is 15.0 Å². The molecule has 1 aliphatic rings. The second-order valence-corrected chi connectivity index (χ2v) is 5.56. The van der Waals surface area contributed by atoms with E-state index >= 15 is 0 Å². The molecule has 0 saturated carbocycles. The first-order chi connectivity index (χ1) is 9.59. The van der Waals surface area contributed by atoms with Gasteiger partial charge in [-0.25, -0.2) is 0 Å². The molecule has 1 fully saturated rings. The van der Waals surface area contributed by atoms with Crippen LogP contribution in [0.3, 0.4) is 0 Å². The Morgan fingerprint density at radius 3 is 3.05 bits per heavy atom. The van der Waals surface area contributed by atoms with Gasteiger partial charge in [0.25, 0.3) is 0 Å². The molecule has 0 atom stereocenters. The number of ether oxygens (including phenoxy) is 1. The Kier molecular flexibility index (Phi) is 3.21. The maximum Gasteiger partial charge on any atom is 0.226 e. The third-order valence-corrected chi connectivity index (χ3v) is 3.35. The highest BCUT2D eigenvalue weighted by atomic mass is 16.5. The van der Waals surface area contributed by atoms with Gasteiger partial charge in [0.2, 0.25) is 5.95 Å². The van der Waals surface area contributed by atoms with E-state index in [1.807, 2.05) is 6.92 Å². The van der Waals surface area contributed by atoms with Crippen LogP contribution in [0.4, 0.5) is 11.8 Å². The van der Waals surface area contributed by atoms with Crippen molar-refractivity contribution in [3.05, 3.63) is 6.20 Å². The largest absolute Gasteiger partial charge is 0.372 e. The molecule has 7 nitrogen and oxygen atoms in total. The summed E-state index contributed by atoms with van der Waals surface area (Å²) in [6, 6.07) is 0. The van der Waals surface area contributed by atoms with Crippen LogP contribution in [0.1, 0.15) is 20.8 Å². The zero-order valence-corrected chi connectivity index (χ0v) is 12.1. The van der Waals surface area contributed by atoms with Crippen LogP contribution in [0.2, 0.25) is 0 Å². The average molecular weight is 276 g/mol. The molecule has 0 bridgehead atoms. The molecular formula is C13H20N6O.